The van der Waals surface area contributed by atoms with Gasteiger partial charge in [0.15, 0.2) is 0 Å². The van der Waals surface area contributed by atoms with Crippen LogP contribution < -0.4 is 0 Å². The largest absolute Gasteiger partial charge is 0.465 e. The second-order valence-corrected chi connectivity index (χ2v) is 6.64. The van der Waals surface area contributed by atoms with Gasteiger partial charge in [-0.25, -0.2) is 0 Å². The molecule has 0 rings (SSSR count). The maximum Gasteiger partial charge on any atom is 0.460 e. The van der Waals surface area contributed by atoms with Crippen molar-refractivity contribution in [3.63, 3.8) is 0 Å². The third-order valence-electron chi connectivity index (χ3n) is 3.26. The molecule has 0 heterocycles. The minimum absolute atomic E-state index is 1.16. The minimum Gasteiger partial charge on any atom is -0.465 e. The molecule has 0 fully saturated rings. The fourth-order valence-corrected chi connectivity index (χ4v) is 1.45. The van der Waals surface area contributed by atoms with E-state index in [1.54, 1.807) is 0 Å². The van der Waals surface area contributed by atoms with Crippen LogP contribution in [0.25, 0.3) is 0 Å². The van der Waals surface area contributed by atoms with Crippen molar-refractivity contribution in [1.82, 2.24) is 0 Å². The molecule has 0 aromatic heterocycles. The topological polar surface area (TPSA) is 26.3 Å². The number of hydrogen-bond donors (Lipinski definition) is 0. The van der Waals surface area contributed by atoms with E-state index in [4.69, 9.17) is 0 Å². The molecule has 0 aliphatic carbocycles. The van der Waals surface area contributed by atoms with E-state index in [-0.39, 0.29) is 0 Å². The van der Waals surface area contributed by atoms with E-state index in [0.29, 0.717) is 0 Å². The summed E-state index contributed by atoms with van der Waals surface area (Å²) in [6, 6.07) is 0. The summed E-state index contributed by atoms with van der Waals surface area (Å²) in [6.45, 7) is 1.75. The van der Waals surface area contributed by atoms with Crippen LogP contribution in [0.4, 0.5) is 57.1 Å². The molecule has 0 amide bonds. The molecule has 2 nitrogen and oxygen atoms in total. The van der Waals surface area contributed by atoms with E-state index in [0.717, 1.165) is 20.8 Å². The molecule has 0 radical (unpaired) electrons. The number of carbonyl (C=O) groups excluding carboxylic acids is 1. The van der Waals surface area contributed by atoms with Crippen LogP contribution in [-0.2, 0) is 9.53 Å². The van der Waals surface area contributed by atoms with Crippen molar-refractivity contribution in [2.45, 2.75) is 63.0 Å². The molecule has 0 unspecified atom stereocenters. The lowest BCUT2D eigenvalue weighted by atomic mass is 9.92. The van der Waals surface area contributed by atoms with Crippen molar-refractivity contribution >= 4 is 5.97 Å². The Labute approximate surface area is 149 Å². The number of rotatable bonds is 7. The van der Waals surface area contributed by atoms with Gasteiger partial charge in [0.1, 0.15) is 0 Å². The normalized spacial score (nSPS) is 15.6. The van der Waals surface area contributed by atoms with Crippen molar-refractivity contribution < 1.29 is 66.6 Å². The Morgan fingerprint density at radius 2 is 1.00 bits per heavy atom. The van der Waals surface area contributed by atoms with Gasteiger partial charge in [-0.3, -0.25) is 4.79 Å². The Hall–Kier alpha value is -1.44. The smallest absolute Gasteiger partial charge is 0.460 e. The molecule has 0 spiro atoms. The van der Waals surface area contributed by atoms with Crippen molar-refractivity contribution in [3.05, 3.63) is 0 Å². The summed E-state index contributed by atoms with van der Waals surface area (Å²) in [7, 11) is 0. The molecule has 0 aliphatic heterocycles. The minimum atomic E-state index is -7.94. The number of esters is 1. The number of alkyl halides is 13. The Kier molecular flexibility index (Phi) is 6.75. The lowest BCUT2D eigenvalue weighted by Crippen LogP contribution is -2.70. The van der Waals surface area contributed by atoms with E-state index in [1.165, 1.54) is 0 Å². The molecule has 28 heavy (non-hydrogen) atoms. The first-order valence-electron chi connectivity index (χ1n) is 7.01. The Balaban J connectivity index is 5.77. The van der Waals surface area contributed by atoms with Gasteiger partial charge in [0.2, 0.25) is 0 Å². The number of carbonyl (C=O) groups is 1. The van der Waals surface area contributed by atoms with Crippen LogP contribution in [0.3, 0.4) is 0 Å². The summed E-state index contributed by atoms with van der Waals surface area (Å²) in [5, 5.41) is 0. The fraction of sp³-hybridized carbons (Fsp3) is 0.923. The van der Waals surface area contributed by atoms with Gasteiger partial charge in [-0.15, -0.1) is 0 Å². The van der Waals surface area contributed by atoms with Gasteiger partial charge in [-0.05, 0) is 20.8 Å². The molecule has 0 aromatic carbocycles. The summed E-state index contributed by atoms with van der Waals surface area (Å²) in [4.78, 5) is 11.3. The highest BCUT2D eigenvalue weighted by molar-refractivity contribution is 5.75. The van der Waals surface area contributed by atoms with Crippen LogP contribution in [0.2, 0.25) is 0 Å². The molecular weight excluding hydrogens is 435 g/mol. The lowest BCUT2D eigenvalue weighted by molar-refractivity contribution is -0.440. The summed E-state index contributed by atoms with van der Waals surface area (Å²) in [5.74, 6) is -38.5. The second-order valence-electron chi connectivity index (χ2n) is 6.64. The fourth-order valence-electron chi connectivity index (χ4n) is 1.45. The first-order chi connectivity index (χ1) is 11.9. The third-order valence-corrected chi connectivity index (χ3v) is 3.26. The van der Waals surface area contributed by atoms with Crippen LogP contribution in [0.5, 0.6) is 0 Å². The van der Waals surface area contributed by atoms with E-state index < -0.39 is 60.2 Å². The highest BCUT2D eigenvalue weighted by Crippen LogP contribution is 2.60. The predicted molar refractivity (Wildman–Crippen MR) is 65.8 cm³/mol. The zero-order valence-corrected chi connectivity index (χ0v) is 14.1. The van der Waals surface area contributed by atoms with Crippen LogP contribution in [-0.4, -0.2) is 48.4 Å². The standard InChI is InChI=1S/C13H13F13O2/c1-7(2,3)6(27)28-5-4-8(14,15)9(16,17)10(18,19)11(20,21)12(22,23)13(24,25)26/h4-5H2,1-3H3. The maximum absolute atomic E-state index is 13.4. The quantitative estimate of drug-likeness (QED) is 0.369. The molecule has 168 valence electrons. The summed E-state index contributed by atoms with van der Waals surface area (Å²) in [6.07, 6.45) is -10.0. The first-order valence-corrected chi connectivity index (χ1v) is 7.01. The lowest BCUT2D eigenvalue weighted by Gasteiger charge is -2.39. The zero-order valence-electron chi connectivity index (χ0n) is 14.1. The van der Waals surface area contributed by atoms with Crippen LogP contribution >= 0.6 is 0 Å². The van der Waals surface area contributed by atoms with Crippen LogP contribution in [0.1, 0.15) is 27.2 Å². The van der Waals surface area contributed by atoms with Crippen molar-refractivity contribution in [1.29, 1.82) is 0 Å². The highest BCUT2D eigenvalue weighted by Gasteiger charge is 2.90. The summed E-state index contributed by atoms with van der Waals surface area (Å²) in [5.41, 5.74) is -1.37. The zero-order chi connectivity index (χ0) is 23.2. The average molecular weight is 448 g/mol. The van der Waals surface area contributed by atoms with Gasteiger partial charge in [-0.2, -0.15) is 57.1 Å². The monoisotopic (exact) mass is 448 g/mol. The van der Waals surface area contributed by atoms with Gasteiger partial charge >= 0.3 is 41.8 Å². The predicted octanol–water partition coefficient (Wildman–Crippen LogP) is 5.70. The van der Waals surface area contributed by atoms with Gasteiger partial charge in [0.25, 0.3) is 0 Å². The molecule has 0 saturated carbocycles. The highest BCUT2D eigenvalue weighted by atomic mass is 19.4. The van der Waals surface area contributed by atoms with Crippen LogP contribution in [0, 0.1) is 5.41 Å². The van der Waals surface area contributed by atoms with Gasteiger partial charge in [-0.1, -0.05) is 0 Å². The molecule has 0 N–H and O–H groups in total. The first kappa shape index (κ1) is 26.6. The van der Waals surface area contributed by atoms with Gasteiger partial charge < -0.3 is 4.74 Å². The van der Waals surface area contributed by atoms with Crippen LogP contribution in [0.15, 0.2) is 0 Å². The third kappa shape index (κ3) is 4.26. The van der Waals surface area contributed by atoms with E-state index in [1.807, 2.05) is 0 Å². The molecule has 0 atom stereocenters. The van der Waals surface area contributed by atoms with E-state index in [2.05, 4.69) is 4.74 Å². The molecule has 0 aliphatic rings. The average Bonchev–Trinajstić information content (AvgIpc) is 2.43. The maximum atomic E-state index is 13.4. The van der Waals surface area contributed by atoms with Gasteiger partial charge in [0, 0.05) is 0 Å². The SMILES string of the molecule is CC(C)(C)C(=O)OCCC(F)(F)C(F)(F)C(F)(F)C(F)(F)C(F)(F)C(F)(F)F. The van der Waals surface area contributed by atoms with Crippen molar-refractivity contribution in [3.8, 4) is 0 Å². The Morgan fingerprint density at radius 1 is 0.643 bits per heavy atom. The molecule has 15 heteroatoms. The van der Waals surface area contributed by atoms with E-state index in [9.17, 15) is 61.9 Å². The molecular formula is C13H13F13O2. The Morgan fingerprint density at radius 3 is 1.32 bits per heavy atom. The van der Waals surface area contributed by atoms with Crippen molar-refractivity contribution in [2.24, 2.45) is 5.41 Å². The van der Waals surface area contributed by atoms with E-state index >= 15 is 0 Å². The molecule has 0 saturated heterocycles. The second kappa shape index (κ2) is 7.11. The van der Waals surface area contributed by atoms with Crippen molar-refractivity contribution in [2.75, 3.05) is 6.61 Å². The van der Waals surface area contributed by atoms with Gasteiger partial charge in [0.05, 0.1) is 18.4 Å². The molecule has 0 aromatic rings. The molecule has 0 bridgehead atoms. The summed E-state index contributed by atoms with van der Waals surface area (Å²) < 4.78 is 171. The number of halogens is 13. The number of ether oxygens (including phenoxy) is 1. The summed E-state index contributed by atoms with van der Waals surface area (Å²) >= 11 is 0. The Bertz CT molecular complexity index is 572. The number of hydrogen-bond acceptors (Lipinski definition) is 2.